The minimum absolute atomic E-state index is 0.131. The van der Waals surface area contributed by atoms with Gasteiger partial charge in [-0.05, 0) is 62.2 Å². The number of aromatic amines is 1. The SMILES string of the molecule is CCOC(=O)C1CCN(S(=O)(=O)c2cccc(-c3nn(-c4ccccc4)cc3C=C(C#N)c3nc4ccccc4[nH]3)c2)CC1. The maximum absolute atomic E-state index is 13.7. The van der Waals surface area contributed by atoms with Crippen LogP contribution in [0, 0.1) is 17.2 Å². The molecule has 1 saturated heterocycles. The van der Waals surface area contributed by atoms with Crippen LogP contribution in [0.2, 0.25) is 0 Å². The van der Waals surface area contributed by atoms with Crippen LogP contribution in [-0.2, 0) is 19.6 Å². The van der Waals surface area contributed by atoms with Crippen LogP contribution < -0.4 is 0 Å². The Hall–Kier alpha value is -5.05. The van der Waals surface area contributed by atoms with Crippen LogP contribution in [-0.4, -0.2) is 58.1 Å². The zero-order chi connectivity index (χ0) is 30.7. The highest BCUT2D eigenvalue weighted by Gasteiger charge is 2.33. The zero-order valence-corrected chi connectivity index (χ0v) is 24.9. The van der Waals surface area contributed by atoms with Crippen molar-refractivity contribution in [2.45, 2.75) is 24.7 Å². The largest absolute Gasteiger partial charge is 0.466 e. The second-order valence-corrected chi connectivity index (χ2v) is 12.4. The summed E-state index contributed by atoms with van der Waals surface area (Å²) in [5.74, 6) is -0.153. The number of rotatable bonds is 8. The highest BCUT2D eigenvalue weighted by Crippen LogP contribution is 2.31. The summed E-state index contributed by atoms with van der Waals surface area (Å²) in [7, 11) is -3.83. The number of benzene rings is 3. The molecule has 0 unspecified atom stereocenters. The summed E-state index contributed by atoms with van der Waals surface area (Å²) in [5, 5.41) is 14.9. The first kappa shape index (κ1) is 29.0. The summed E-state index contributed by atoms with van der Waals surface area (Å²) in [6.45, 7) is 2.52. The number of hydrogen-bond acceptors (Lipinski definition) is 7. The van der Waals surface area contributed by atoms with E-state index in [9.17, 15) is 18.5 Å². The molecule has 0 amide bonds. The molecule has 0 atom stereocenters. The number of nitrogens with zero attached hydrogens (tertiary/aromatic N) is 5. The number of piperidine rings is 1. The number of ether oxygens (including phenoxy) is 1. The fourth-order valence-electron chi connectivity index (χ4n) is 5.36. The first-order valence-corrected chi connectivity index (χ1v) is 15.8. The second kappa shape index (κ2) is 12.3. The molecule has 1 aliphatic rings. The van der Waals surface area contributed by atoms with Crippen molar-refractivity contribution in [1.82, 2.24) is 24.1 Å². The molecule has 0 saturated carbocycles. The van der Waals surface area contributed by atoms with Crippen molar-refractivity contribution in [3.05, 3.63) is 96.4 Å². The lowest BCUT2D eigenvalue weighted by Gasteiger charge is -2.30. The van der Waals surface area contributed by atoms with Crippen molar-refractivity contribution in [3.63, 3.8) is 0 Å². The summed E-state index contributed by atoms with van der Waals surface area (Å²) < 4.78 is 35.6. The molecule has 1 fully saturated rings. The van der Waals surface area contributed by atoms with E-state index in [1.54, 1.807) is 41.9 Å². The van der Waals surface area contributed by atoms with Gasteiger partial charge in [-0.2, -0.15) is 14.7 Å². The first-order chi connectivity index (χ1) is 21.4. The van der Waals surface area contributed by atoms with Gasteiger partial charge < -0.3 is 9.72 Å². The topological polar surface area (TPSA) is 134 Å². The molecular weight excluding hydrogens is 576 g/mol. The van der Waals surface area contributed by atoms with Gasteiger partial charge >= 0.3 is 5.97 Å². The van der Waals surface area contributed by atoms with E-state index >= 15 is 0 Å². The molecule has 1 aliphatic heterocycles. The van der Waals surface area contributed by atoms with E-state index in [1.165, 1.54) is 4.31 Å². The van der Waals surface area contributed by atoms with Crippen LogP contribution in [0.4, 0.5) is 0 Å². The molecule has 11 heteroatoms. The fraction of sp³-hybridized carbons (Fsp3) is 0.212. The van der Waals surface area contributed by atoms with Gasteiger partial charge in [0, 0.05) is 30.4 Å². The minimum atomic E-state index is -3.83. The van der Waals surface area contributed by atoms with Gasteiger partial charge in [-0.25, -0.2) is 18.1 Å². The van der Waals surface area contributed by atoms with E-state index in [0.29, 0.717) is 47.7 Å². The second-order valence-electron chi connectivity index (χ2n) is 10.4. The smallest absolute Gasteiger partial charge is 0.309 e. The van der Waals surface area contributed by atoms with Crippen molar-refractivity contribution in [1.29, 1.82) is 5.26 Å². The molecule has 6 rings (SSSR count). The Bertz CT molecular complexity index is 1970. The monoisotopic (exact) mass is 606 g/mol. The van der Waals surface area contributed by atoms with E-state index in [-0.39, 0.29) is 29.9 Å². The molecule has 1 N–H and O–H groups in total. The Morgan fingerprint density at radius 2 is 1.82 bits per heavy atom. The first-order valence-electron chi connectivity index (χ1n) is 14.4. The molecular formula is C33H30N6O4S. The van der Waals surface area contributed by atoms with Gasteiger partial charge in [-0.15, -0.1) is 0 Å². The number of imidazole rings is 1. The van der Waals surface area contributed by atoms with Crippen LogP contribution in [0.5, 0.6) is 0 Å². The predicted octanol–water partition coefficient (Wildman–Crippen LogP) is 5.44. The molecule has 2 aromatic heterocycles. The highest BCUT2D eigenvalue weighted by molar-refractivity contribution is 7.89. The van der Waals surface area contributed by atoms with Crippen LogP contribution in [0.3, 0.4) is 0 Å². The molecule has 44 heavy (non-hydrogen) atoms. The highest BCUT2D eigenvalue weighted by atomic mass is 32.2. The third-order valence-electron chi connectivity index (χ3n) is 7.65. The van der Waals surface area contributed by atoms with E-state index in [2.05, 4.69) is 16.0 Å². The Morgan fingerprint density at radius 3 is 2.55 bits per heavy atom. The number of sulfonamides is 1. The third kappa shape index (κ3) is 5.77. The molecule has 3 heterocycles. The number of para-hydroxylation sites is 3. The quantitative estimate of drug-likeness (QED) is 0.184. The van der Waals surface area contributed by atoms with Gasteiger partial charge in [0.05, 0.1) is 39.7 Å². The number of fused-ring (bicyclic) bond motifs is 1. The average Bonchev–Trinajstić information content (AvgIpc) is 3.69. The molecule has 3 aromatic carbocycles. The molecule has 0 radical (unpaired) electrons. The lowest BCUT2D eigenvalue weighted by Crippen LogP contribution is -2.40. The van der Waals surface area contributed by atoms with Crippen LogP contribution in [0.15, 0.2) is 90.0 Å². The molecule has 0 aliphatic carbocycles. The number of nitrogens with one attached hydrogen (secondary N) is 1. The Kier molecular flexibility index (Phi) is 8.11. The van der Waals surface area contributed by atoms with E-state index in [1.807, 2.05) is 60.8 Å². The van der Waals surface area contributed by atoms with Crippen LogP contribution >= 0.6 is 0 Å². The lowest BCUT2D eigenvalue weighted by molar-refractivity contribution is -0.149. The minimum Gasteiger partial charge on any atom is -0.466 e. The fourth-order valence-corrected chi connectivity index (χ4v) is 6.88. The number of carbonyl (C=O) groups is 1. The summed E-state index contributed by atoms with van der Waals surface area (Å²) in [6.07, 6.45) is 4.34. The van der Waals surface area contributed by atoms with Gasteiger partial charge in [0.15, 0.2) is 0 Å². The standard InChI is InChI=1S/C33H30N6O4S/c1-2-43-33(40)23-15-17-38(18-16-23)44(41,42)28-12-8-9-24(20-28)31-26(22-39(37-31)27-10-4-3-5-11-27)19-25(21-34)32-35-29-13-6-7-14-30(29)36-32/h3-14,19-20,22-23H,2,15-18H2,1H3,(H,35,36). The Labute approximate surface area is 255 Å². The number of H-pyrrole nitrogens is 1. The predicted molar refractivity (Wildman–Crippen MR) is 167 cm³/mol. The van der Waals surface area contributed by atoms with Crippen molar-refractivity contribution in [3.8, 4) is 23.0 Å². The lowest BCUT2D eigenvalue weighted by atomic mass is 9.98. The number of nitriles is 1. The van der Waals surface area contributed by atoms with E-state index < -0.39 is 10.0 Å². The van der Waals surface area contributed by atoms with Crippen molar-refractivity contribution < 1.29 is 17.9 Å². The maximum Gasteiger partial charge on any atom is 0.309 e. The van der Waals surface area contributed by atoms with Gasteiger partial charge in [-0.3, -0.25) is 4.79 Å². The van der Waals surface area contributed by atoms with Gasteiger partial charge in [0.25, 0.3) is 0 Å². The Balaban J connectivity index is 1.37. The van der Waals surface area contributed by atoms with Gasteiger partial charge in [0.1, 0.15) is 17.6 Å². The van der Waals surface area contributed by atoms with E-state index in [4.69, 9.17) is 9.84 Å². The van der Waals surface area contributed by atoms with Crippen LogP contribution in [0.1, 0.15) is 31.2 Å². The van der Waals surface area contributed by atoms with Crippen molar-refractivity contribution in [2.24, 2.45) is 5.92 Å². The number of esters is 1. The molecule has 10 nitrogen and oxygen atoms in total. The van der Waals surface area contributed by atoms with Crippen molar-refractivity contribution >= 4 is 38.7 Å². The number of aromatic nitrogens is 4. The summed E-state index contributed by atoms with van der Waals surface area (Å²) in [4.78, 5) is 20.1. The summed E-state index contributed by atoms with van der Waals surface area (Å²) >= 11 is 0. The van der Waals surface area contributed by atoms with E-state index in [0.717, 1.165) is 16.7 Å². The van der Waals surface area contributed by atoms with Crippen LogP contribution in [0.25, 0.3) is 39.6 Å². The average molecular weight is 607 g/mol. The zero-order valence-electron chi connectivity index (χ0n) is 24.1. The summed E-state index contributed by atoms with van der Waals surface area (Å²) in [5.41, 5.74) is 4.38. The van der Waals surface area contributed by atoms with Crippen molar-refractivity contribution in [2.75, 3.05) is 19.7 Å². The molecule has 222 valence electrons. The Morgan fingerprint density at radius 1 is 1.07 bits per heavy atom. The molecule has 5 aromatic rings. The normalized spacial score (nSPS) is 14.9. The van der Waals surface area contributed by atoms with Gasteiger partial charge in [0.2, 0.25) is 10.0 Å². The van der Waals surface area contributed by atoms with Gasteiger partial charge in [-0.1, -0.05) is 42.5 Å². The third-order valence-corrected chi connectivity index (χ3v) is 9.54. The maximum atomic E-state index is 13.7. The molecule has 0 spiro atoms. The number of carbonyl (C=O) groups excluding carboxylic acids is 1. The number of hydrogen-bond donors (Lipinski definition) is 1. The summed E-state index contributed by atoms with van der Waals surface area (Å²) in [6, 6.07) is 26.0. The number of allylic oxidation sites excluding steroid dienone is 1. The molecule has 0 bridgehead atoms.